The van der Waals surface area contributed by atoms with Crippen LogP contribution >= 0.6 is 11.3 Å². The molecule has 1 aromatic heterocycles. The van der Waals surface area contributed by atoms with Crippen LogP contribution in [0.2, 0.25) is 0 Å². The average Bonchev–Trinajstić information content (AvgIpc) is 2.95. The van der Waals surface area contributed by atoms with Gasteiger partial charge in [-0.2, -0.15) is 0 Å². The fraction of sp³-hybridized carbons (Fsp3) is 0.643. The molecule has 1 aliphatic heterocycles. The molecule has 0 spiro atoms. The molecular weight excluding hydrogens is 260 g/mol. The Morgan fingerprint density at radius 3 is 3.05 bits per heavy atom. The summed E-state index contributed by atoms with van der Waals surface area (Å²) < 4.78 is 0. The average molecular weight is 282 g/mol. The minimum atomic E-state index is -0.746. The zero-order valence-corrected chi connectivity index (χ0v) is 12.4. The molecule has 0 saturated carbocycles. The third-order valence-electron chi connectivity index (χ3n) is 3.57. The molecule has 19 heavy (non-hydrogen) atoms. The minimum absolute atomic E-state index is 0.0320. The normalized spacial score (nSPS) is 20.7. The predicted molar refractivity (Wildman–Crippen MR) is 77.1 cm³/mol. The van der Waals surface area contributed by atoms with Gasteiger partial charge in [-0.15, -0.1) is 11.3 Å². The SMILES string of the molecule is CC(C)(O)C1CCCN1CC(=O)NCc1cccs1. The van der Waals surface area contributed by atoms with Crippen molar-refractivity contribution in [2.24, 2.45) is 0 Å². The first-order valence-corrected chi connectivity index (χ1v) is 7.60. The van der Waals surface area contributed by atoms with E-state index in [1.165, 1.54) is 0 Å². The van der Waals surface area contributed by atoms with Crippen LogP contribution in [0.5, 0.6) is 0 Å². The first-order valence-electron chi connectivity index (χ1n) is 6.72. The summed E-state index contributed by atoms with van der Waals surface area (Å²) in [6.45, 7) is 5.50. The molecule has 1 unspecified atom stereocenters. The summed E-state index contributed by atoms with van der Waals surface area (Å²) in [5.41, 5.74) is -0.746. The molecule has 1 atom stereocenters. The Balaban J connectivity index is 1.81. The summed E-state index contributed by atoms with van der Waals surface area (Å²) in [6.07, 6.45) is 2.01. The van der Waals surface area contributed by atoms with Gasteiger partial charge in [0, 0.05) is 10.9 Å². The van der Waals surface area contributed by atoms with E-state index < -0.39 is 5.60 Å². The van der Waals surface area contributed by atoms with E-state index in [4.69, 9.17) is 0 Å². The van der Waals surface area contributed by atoms with E-state index in [0.29, 0.717) is 13.1 Å². The third-order valence-corrected chi connectivity index (χ3v) is 4.44. The fourth-order valence-electron chi connectivity index (χ4n) is 2.65. The van der Waals surface area contributed by atoms with Crippen molar-refractivity contribution in [1.29, 1.82) is 0 Å². The Hall–Kier alpha value is -0.910. The first-order chi connectivity index (χ1) is 8.97. The molecule has 0 aliphatic carbocycles. The zero-order chi connectivity index (χ0) is 13.9. The molecule has 1 saturated heterocycles. The number of nitrogens with zero attached hydrogens (tertiary/aromatic N) is 1. The highest BCUT2D eigenvalue weighted by molar-refractivity contribution is 7.09. The molecule has 2 heterocycles. The molecule has 1 amide bonds. The molecule has 0 aromatic carbocycles. The van der Waals surface area contributed by atoms with Crippen molar-refractivity contribution in [2.45, 2.75) is 44.9 Å². The number of thiophene rings is 1. The van der Waals surface area contributed by atoms with Crippen molar-refractivity contribution in [1.82, 2.24) is 10.2 Å². The van der Waals surface area contributed by atoms with E-state index in [0.717, 1.165) is 24.3 Å². The van der Waals surface area contributed by atoms with Crippen LogP contribution < -0.4 is 5.32 Å². The molecule has 1 aromatic rings. The minimum Gasteiger partial charge on any atom is -0.389 e. The van der Waals surface area contributed by atoms with Crippen LogP contribution in [0.3, 0.4) is 0 Å². The van der Waals surface area contributed by atoms with Gasteiger partial charge in [0.2, 0.25) is 5.91 Å². The first kappa shape index (κ1) is 14.5. The van der Waals surface area contributed by atoms with E-state index in [2.05, 4.69) is 10.2 Å². The molecule has 1 aliphatic rings. The predicted octanol–water partition coefficient (Wildman–Crippen LogP) is 1.60. The Kier molecular flexibility index (Phi) is 4.60. The van der Waals surface area contributed by atoms with Crippen molar-refractivity contribution in [2.75, 3.05) is 13.1 Å². The maximum Gasteiger partial charge on any atom is 0.234 e. The summed E-state index contributed by atoms with van der Waals surface area (Å²) in [5.74, 6) is 0.0320. The van der Waals surface area contributed by atoms with E-state index in [-0.39, 0.29) is 11.9 Å². The summed E-state index contributed by atoms with van der Waals surface area (Å²) >= 11 is 1.64. The Morgan fingerprint density at radius 2 is 2.42 bits per heavy atom. The lowest BCUT2D eigenvalue weighted by Crippen LogP contribution is -2.48. The van der Waals surface area contributed by atoms with E-state index >= 15 is 0 Å². The van der Waals surface area contributed by atoms with Gasteiger partial charge in [-0.05, 0) is 44.7 Å². The van der Waals surface area contributed by atoms with Gasteiger partial charge < -0.3 is 10.4 Å². The van der Waals surface area contributed by atoms with Gasteiger partial charge in [-0.1, -0.05) is 6.07 Å². The van der Waals surface area contributed by atoms with Crippen LogP contribution in [0.1, 0.15) is 31.6 Å². The lowest BCUT2D eigenvalue weighted by molar-refractivity contribution is -0.123. The van der Waals surface area contributed by atoms with Crippen molar-refractivity contribution < 1.29 is 9.90 Å². The lowest BCUT2D eigenvalue weighted by Gasteiger charge is -2.33. The summed E-state index contributed by atoms with van der Waals surface area (Å²) in [6, 6.07) is 4.08. The maximum absolute atomic E-state index is 11.9. The van der Waals surface area contributed by atoms with Gasteiger partial charge in [-0.25, -0.2) is 0 Å². The topological polar surface area (TPSA) is 52.6 Å². The number of amides is 1. The Labute approximate surface area is 118 Å². The molecule has 0 bridgehead atoms. The van der Waals surface area contributed by atoms with E-state index in [9.17, 15) is 9.90 Å². The Bertz CT molecular complexity index is 412. The number of carbonyl (C=O) groups excluding carboxylic acids is 1. The molecule has 2 N–H and O–H groups in total. The van der Waals surface area contributed by atoms with Crippen LogP contribution in [0, 0.1) is 0 Å². The molecule has 106 valence electrons. The van der Waals surface area contributed by atoms with Crippen LogP contribution in [-0.4, -0.2) is 40.6 Å². The number of nitrogens with one attached hydrogen (secondary N) is 1. The van der Waals surface area contributed by atoms with E-state index in [1.54, 1.807) is 11.3 Å². The van der Waals surface area contributed by atoms with Gasteiger partial charge in [0.05, 0.1) is 18.7 Å². The zero-order valence-electron chi connectivity index (χ0n) is 11.6. The van der Waals surface area contributed by atoms with Crippen molar-refractivity contribution in [3.8, 4) is 0 Å². The lowest BCUT2D eigenvalue weighted by atomic mass is 9.97. The van der Waals surface area contributed by atoms with Gasteiger partial charge in [0.1, 0.15) is 0 Å². The van der Waals surface area contributed by atoms with Gasteiger partial charge >= 0.3 is 0 Å². The number of aliphatic hydroxyl groups is 1. The number of carbonyl (C=O) groups is 1. The fourth-order valence-corrected chi connectivity index (χ4v) is 3.30. The Morgan fingerprint density at radius 1 is 1.63 bits per heavy atom. The highest BCUT2D eigenvalue weighted by Crippen LogP contribution is 2.26. The molecule has 0 radical (unpaired) electrons. The van der Waals surface area contributed by atoms with Crippen molar-refractivity contribution in [3.05, 3.63) is 22.4 Å². The highest BCUT2D eigenvalue weighted by atomic mass is 32.1. The van der Waals surface area contributed by atoms with Crippen LogP contribution in [0.15, 0.2) is 17.5 Å². The van der Waals surface area contributed by atoms with E-state index in [1.807, 2.05) is 31.4 Å². The van der Waals surface area contributed by atoms with Gasteiger partial charge in [0.15, 0.2) is 0 Å². The summed E-state index contributed by atoms with van der Waals surface area (Å²) in [4.78, 5) is 15.2. The smallest absolute Gasteiger partial charge is 0.234 e. The van der Waals surface area contributed by atoms with Crippen molar-refractivity contribution in [3.63, 3.8) is 0 Å². The summed E-state index contributed by atoms with van der Waals surface area (Å²) in [7, 11) is 0. The second kappa shape index (κ2) is 6.03. The number of hydrogen-bond acceptors (Lipinski definition) is 4. The van der Waals surface area contributed by atoms with Crippen LogP contribution in [0.25, 0.3) is 0 Å². The number of rotatable bonds is 5. The monoisotopic (exact) mass is 282 g/mol. The van der Waals surface area contributed by atoms with Gasteiger partial charge in [0.25, 0.3) is 0 Å². The largest absolute Gasteiger partial charge is 0.389 e. The standard InChI is InChI=1S/C14H22N2O2S/c1-14(2,18)12-6-3-7-16(12)10-13(17)15-9-11-5-4-8-19-11/h4-5,8,12,18H,3,6-7,9-10H2,1-2H3,(H,15,17). The molecular formula is C14H22N2O2S. The number of hydrogen-bond donors (Lipinski definition) is 2. The van der Waals surface area contributed by atoms with Crippen LogP contribution in [0.4, 0.5) is 0 Å². The third kappa shape index (κ3) is 4.03. The quantitative estimate of drug-likeness (QED) is 0.862. The second-order valence-corrected chi connectivity index (χ2v) is 6.67. The molecule has 4 nitrogen and oxygen atoms in total. The second-order valence-electron chi connectivity index (χ2n) is 5.64. The summed E-state index contributed by atoms with van der Waals surface area (Å²) in [5, 5.41) is 15.0. The number of likely N-dealkylation sites (tertiary alicyclic amines) is 1. The van der Waals surface area contributed by atoms with Crippen molar-refractivity contribution >= 4 is 17.2 Å². The maximum atomic E-state index is 11.9. The molecule has 5 heteroatoms. The molecule has 2 rings (SSSR count). The highest BCUT2D eigenvalue weighted by Gasteiger charge is 2.36. The van der Waals surface area contributed by atoms with Crippen LogP contribution in [-0.2, 0) is 11.3 Å². The van der Waals surface area contributed by atoms with Gasteiger partial charge in [-0.3, -0.25) is 9.69 Å². The molecule has 1 fully saturated rings.